The molecule has 37 heavy (non-hydrogen) atoms. The summed E-state index contributed by atoms with van der Waals surface area (Å²) < 4.78 is 3.51. The standard InChI is InChI=1S/C26H32N10O/c1-17(2)36-18(3)10-23(31-36)26(37)29-21-12-25(19(4)28-14-21)35-16-24(30-32-35)20-11-22(15-27-13-20)34-8-6-33(5)7-9-34/h10-17H,6-9H2,1-5H3,(H,29,37). The molecular weight excluding hydrogens is 468 g/mol. The first-order valence-corrected chi connectivity index (χ1v) is 12.4. The third-order valence-electron chi connectivity index (χ3n) is 6.59. The van der Waals surface area contributed by atoms with Crippen LogP contribution in [0.2, 0.25) is 0 Å². The van der Waals surface area contributed by atoms with Crippen LogP contribution in [0.3, 0.4) is 0 Å². The predicted octanol–water partition coefficient (Wildman–Crippen LogP) is 3.12. The zero-order valence-corrected chi connectivity index (χ0v) is 21.9. The molecule has 0 aromatic carbocycles. The first-order chi connectivity index (χ1) is 17.8. The van der Waals surface area contributed by atoms with Crippen molar-refractivity contribution in [2.75, 3.05) is 43.4 Å². The van der Waals surface area contributed by atoms with Crippen molar-refractivity contribution in [3.63, 3.8) is 0 Å². The molecule has 1 fully saturated rings. The maximum absolute atomic E-state index is 12.8. The predicted molar refractivity (Wildman–Crippen MR) is 142 cm³/mol. The van der Waals surface area contributed by atoms with Gasteiger partial charge in [0, 0.05) is 49.7 Å². The van der Waals surface area contributed by atoms with Crippen LogP contribution in [0.15, 0.2) is 43.0 Å². The Balaban J connectivity index is 1.35. The van der Waals surface area contributed by atoms with E-state index in [0.717, 1.165) is 54.5 Å². The number of rotatable bonds is 6. The van der Waals surface area contributed by atoms with Crippen molar-refractivity contribution in [1.82, 2.24) is 39.6 Å². The number of pyridine rings is 2. The normalized spacial score (nSPS) is 14.4. The lowest BCUT2D eigenvalue weighted by molar-refractivity contribution is 0.102. The highest BCUT2D eigenvalue weighted by Crippen LogP contribution is 2.24. The van der Waals surface area contributed by atoms with Gasteiger partial charge in [-0.15, -0.1) is 5.10 Å². The van der Waals surface area contributed by atoms with E-state index >= 15 is 0 Å². The number of nitrogens with one attached hydrogen (secondary N) is 1. The molecule has 0 bridgehead atoms. The zero-order valence-electron chi connectivity index (χ0n) is 21.9. The largest absolute Gasteiger partial charge is 0.368 e. The Bertz CT molecular complexity index is 1410. The number of nitrogens with zero attached hydrogens (tertiary/aromatic N) is 9. The Kier molecular flexibility index (Phi) is 6.70. The molecule has 11 nitrogen and oxygen atoms in total. The summed E-state index contributed by atoms with van der Waals surface area (Å²) in [4.78, 5) is 26.4. The maximum Gasteiger partial charge on any atom is 0.276 e. The Hall–Kier alpha value is -4.12. The van der Waals surface area contributed by atoms with Gasteiger partial charge in [-0.25, -0.2) is 4.68 Å². The first kappa shape index (κ1) is 24.6. The summed E-state index contributed by atoms with van der Waals surface area (Å²) in [6.45, 7) is 11.9. The lowest BCUT2D eigenvalue weighted by atomic mass is 10.2. The van der Waals surface area contributed by atoms with Gasteiger partial charge in [-0.1, -0.05) is 5.21 Å². The topological polar surface area (TPSA) is 110 Å². The Morgan fingerprint density at radius 2 is 1.81 bits per heavy atom. The third kappa shape index (κ3) is 5.21. The van der Waals surface area contributed by atoms with E-state index < -0.39 is 0 Å². The van der Waals surface area contributed by atoms with Crippen molar-refractivity contribution in [3.8, 4) is 16.9 Å². The van der Waals surface area contributed by atoms with Crippen LogP contribution < -0.4 is 10.2 Å². The average Bonchev–Trinajstić information content (AvgIpc) is 3.53. The van der Waals surface area contributed by atoms with Crippen LogP contribution in [0.4, 0.5) is 11.4 Å². The van der Waals surface area contributed by atoms with E-state index in [0.29, 0.717) is 17.1 Å². The molecular formula is C26H32N10O. The molecule has 1 aliphatic heterocycles. The molecule has 0 saturated carbocycles. The number of aromatic nitrogens is 7. The second kappa shape index (κ2) is 10.1. The fraction of sp³-hybridized carbons (Fsp3) is 0.385. The minimum atomic E-state index is -0.287. The van der Waals surface area contributed by atoms with Crippen LogP contribution in [0.25, 0.3) is 16.9 Å². The maximum atomic E-state index is 12.8. The molecule has 0 atom stereocenters. The van der Waals surface area contributed by atoms with Crippen LogP contribution in [-0.4, -0.2) is 78.8 Å². The Morgan fingerprint density at radius 3 is 2.54 bits per heavy atom. The van der Waals surface area contributed by atoms with Gasteiger partial charge in [0.1, 0.15) is 5.69 Å². The van der Waals surface area contributed by atoms with Gasteiger partial charge in [0.25, 0.3) is 5.91 Å². The van der Waals surface area contributed by atoms with Gasteiger partial charge in [-0.2, -0.15) is 5.10 Å². The van der Waals surface area contributed by atoms with Crippen LogP contribution in [-0.2, 0) is 0 Å². The minimum absolute atomic E-state index is 0.174. The van der Waals surface area contributed by atoms with Crippen molar-refractivity contribution >= 4 is 17.3 Å². The lowest BCUT2D eigenvalue weighted by Gasteiger charge is -2.33. The summed E-state index contributed by atoms with van der Waals surface area (Å²) >= 11 is 0. The number of piperazine rings is 1. The molecule has 1 N–H and O–H groups in total. The van der Waals surface area contributed by atoms with Crippen molar-refractivity contribution in [1.29, 1.82) is 0 Å². The summed E-state index contributed by atoms with van der Waals surface area (Å²) in [5, 5.41) is 16.1. The van der Waals surface area contributed by atoms with Gasteiger partial charge in [0.15, 0.2) is 5.69 Å². The highest BCUT2D eigenvalue weighted by Gasteiger charge is 2.18. The molecule has 0 aliphatic carbocycles. The monoisotopic (exact) mass is 500 g/mol. The third-order valence-corrected chi connectivity index (χ3v) is 6.59. The number of hydrogen-bond donors (Lipinski definition) is 1. The highest BCUT2D eigenvalue weighted by atomic mass is 16.2. The number of aryl methyl sites for hydroxylation is 2. The molecule has 5 heterocycles. The van der Waals surface area contributed by atoms with Gasteiger partial charge in [0.2, 0.25) is 0 Å². The molecule has 0 radical (unpaired) electrons. The SMILES string of the molecule is Cc1ncc(NC(=O)c2cc(C)n(C(C)C)n2)cc1-n1cc(-c2cncc(N3CCN(C)CC3)c2)nn1. The molecule has 11 heteroatoms. The van der Waals surface area contributed by atoms with Crippen LogP contribution in [0.1, 0.15) is 41.8 Å². The Morgan fingerprint density at radius 1 is 1.03 bits per heavy atom. The lowest BCUT2D eigenvalue weighted by Crippen LogP contribution is -2.44. The van der Waals surface area contributed by atoms with Crippen molar-refractivity contribution < 1.29 is 4.79 Å². The van der Waals surface area contributed by atoms with Crippen molar-refractivity contribution in [2.45, 2.75) is 33.7 Å². The highest BCUT2D eigenvalue weighted by molar-refractivity contribution is 6.03. The quantitative estimate of drug-likeness (QED) is 0.430. The van der Waals surface area contributed by atoms with Crippen molar-refractivity contribution in [3.05, 3.63) is 60.1 Å². The zero-order chi connectivity index (χ0) is 26.1. The van der Waals surface area contributed by atoms with E-state index in [4.69, 9.17) is 0 Å². The smallest absolute Gasteiger partial charge is 0.276 e. The van der Waals surface area contributed by atoms with E-state index in [-0.39, 0.29) is 11.9 Å². The fourth-order valence-corrected chi connectivity index (χ4v) is 4.46. The van der Waals surface area contributed by atoms with Gasteiger partial charge in [-0.3, -0.25) is 19.4 Å². The van der Waals surface area contributed by atoms with Gasteiger partial charge in [0.05, 0.1) is 41.3 Å². The minimum Gasteiger partial charge on any atom is -0.368 e. The summed E-state index contributed by atoms with van der Waals surface area (Å²) in [5.41, 5.74) is 6.03. The second-order valence-electron chi connectivity index (χ2n) is 9.76. The summed E-state index contributed by atoms with van der Waals surface area (Å²) in [6.07, 6.45) is 7.18. The molecule has 0 unspecified atom stereocenters. The molecule has 5 rings (SSSR count). The molecule has 4 aromatic rings. The number of likely N-dealkylation sites (N-methyl/N-ethyl adjacent to an activating group) is 1. The molecule has 1 saturated heterocycles. The van der Waals surface area contributed by atoms with Crippen LogP contribution in [0.5, 0.6) is 0 Å². The van der Waals surface area contributed by atoms with E-state index in [9.17, 15) is 4.79 Å². The summed E-state index contributed by atoms with van der Waals surface area (Å²) in [7, 11) is 2.14. The average molecular weight is 501 g/mol. The second-order valence-corrected chi connectivity index (χ2v) is 9.76. The molecule has 0 spiro atoms. The molecule has 4 aromatic heterocycles. The molecule has 192 valence electrons. The number of hydrogen-bond acceptors (Lipinski definition) is 8. The van der Waals surface area contributed by atoms with Gasteiger partial charge in [-0.05, 0) is 52.9 Å². The van der Waals surface area contributed by atoms with Crippen LogP contribution in [0, 0.1) is 13.8 Å². The molecule has 1 aliphatic rings. The van der Waals surface area contributed by atoms with Gasteiger partial charge < -0.3 is 15.1 Å². The van der Waals surface area contributed by atoms with E-state index in [1.165, 1.54) is 0 Å². The number of anilines is 2. The summed E-state index contributed by atoms with van der Waals surface area (Å²) in [6, 6.07) is 5.90. The fourth-order valence-electron chi connectivity index (χ4n) is 4.46. The summed E-state index contributed by atoms with van der Waals surface area (Å²) in [5.74, 6) is -0.287. The Labute approximate surface area is 216 Å². The number of amides is 1. The van der Waals surface area contributed by atoms with Crippen molar-refractivity contribution in [2.24, 2.45) is 0 Å². The van der Waals surface area contributed by atoms with Gasteiger partial charge >= 0.3 is 0 Å². The number of carbonyl (C=O) groups excluding carboxylic acids is 1. The molecule has 1 amide bonds. The van der Waals surface area contributed by atoms with Crippen LogP contribution >= 0.6 is 0 Å². The van der Waals surface area contributed by atoms with E-state index in [1.807, 2.05) is 50.8 Å². The van der Waals surface area contributed by atoms with E-state index in [1.54, 1.807) is 23.1 Å². The number of carbonyl (C=O) groups is 1. The first-order valence-electron chi connectivity index (χ1n) is 12.4. The van der Waals surface area contributed by atoms with E-state index in [2.05, 4.69) is 53.6 Å².